The van der Waals surface area contributed by atoms with E-state index in [1.165, 1.54) is 4.90 Å². The van der Waals surface area contributed by atoms with E-state index in [4.69, 9.17) is 9.47 Å². The lowest BCUT2D eigenvalue weighted by Gasteiger charge is -2.25. The number of rotatable bonds is 7. The molecule has 1 amide bonds. The first-order valence-corrected chi connectivity index (χ1v) is 13.4. The Bertz CT molecular complexity index is 1580. The number of likely N-dealkylation sites (tertiary alicyclic amines) is 1. The molecule has 6 heteroatoms. The van der Waals surface area contributed by atoms with Crippen LogP contribution in [0.1, 0.15) is 40.8 Å². The van der Waals surface area contributed by atoms with Crippen LogP contribution in [0.5, 0.6) is 11.5 Å². The number of nitrogens with zero attached hydrogens (tertiary/aromatic N) is 1. The summed E-state index contributed by atoms with van der Waals surface area (Å²) in [7, 11) is 0. The third-order valence-corrected chi connectivity index (χ3v) is 7.35. The minimum absolute atomic E-state index is 0.0477. The third kappa shape index (κ3) is 4.96. The summed E-state index contributed by atoms with van der Waals surface area (Å²) < 4.78 is 11.7. The molecule has 2 aliphatic heterocycles. The molecule has 200 valence electrons. The van der Waals surface area contributed by atoms with E-state index in [0.29, 0.717) is 29.9 Å². The van der Waals surface area contributed by atoms with Crippen molar-refractivity contribution in [2.75, 3.05) is 0 Å². The van der Waals surface area contributed by atoms with Gasteiger partial charge in [-0.1, -0.05) is 72.8 Å². The van der Waals surface area contributed by atoms with Crippen LogP contribution in [-0.2, 0) is 29.2 Å². The largest absolute Gasteiger partial charge is 0.507 e. The van der Waals surface area contributed by atoms with Gasteiger partial charge >= 0.3 is 0 Å². The molecule has 0 spiro atoms. The van der Waals surface area contributed by atoms with E-state index < -0.39 is 17.7 Å². The monoisotopic (exact) mass is 531 g/mol. The van der Waals surface area contributed by atoms with Crippen LogP contribution in [0.25, 0.3) is 5.76 Å². The van der Waals surface area contributed by atoms with E-state index in [1.54, 1.807) is 6.07 Å². The molecule has 2 atom stereocenters. The van der Waals surface area contributed by atoms with Gasteiger partial charge in [0.15, 0.2) is 0 Å². The maximum atomic E-state index is 13.5. The zero-order valence-corrected chi connectivity index (χ0v) is 22.1. The number of benzene rings is 4. The molecule has 2 aliphatic rings. The second-order valence-electron chi connectivity index (χ2n) is 10.2. The maximum absolute atomic E-state index is 13.5. The smallest absolute Gasteiger partial charge is 0.295 e. The zero-order valence-electron chi connectivity index (χ0n) is 22.1. The number of carbonyl (C=O) groups excluding carboxylic acids is 2. The highest BCUT2D eigenvalue weighted by molar-refractivity contribution is 6.46. The first kappa shape index (κ1) is 25.4. The highest BCUT2D eigenvalue weighted by Gasteiger charge is 2.46. The summed E-state index contributed by atoms with van der Waals surface area (Å²) in [6, 6.07) is 31.4. The fraction of sp³-hybridized carbons (Fsp3) is 0.176. The van der Waals surface area contributed by atoms with Crippen molar-refractivity contribution in [3.8, 4) is 11.5 Å². The average molecular weight is 532 g/mol. The molecule has 1 fully saturated rings. The molecule has 40 heavy (non-hydrogen) atoms. The molecule has 6 rings (SSSR count). The van der Waals surface area contributed by atoms with Gasteiger partial charge < -0.3 is 19.5 Å². The molecule has 0 aromatic heterocycles. The van der Waals surface area contributed by atoms with Crippen LogP contribution in [0, 0.1) is 0 Å². The molecule has 2 unspecified atom stereocenters. The number of aliphatic hydroxyl groups excluding tert-OH is 1. The number of Topliss-reactive ketones (excluding diaryl/α,β-unsaturated/α-hetero) is 1. The number of hydrogen-bond acceptors (Lipinski definition) is 5. The average Bonchev–Trinajstić information content (AvgIpc) is 3.48. The van der Waals surface area contributed by atoms with E-state index >= 15 is 0 Å². The van der Waals surface area contributed by atoms with Crippen molar-refractivity contribution in [1.29, 1.82) is 0 Å². The van der Waals surface area contributed by atoms with Gasteiger partial charge in [-0.15, -0.1) is 0 Å². The van der Waals surface area contributed by atoms with Crippen molar-refractivity contribution in [2.24, 2.45) is 0 Å². The summed E-state index contributed by atoms with van der Waals surface area (Å²) in [6.07, 6.45) is 0.763. The molecule has 0 radical (unpaired) electrons. The molecule has 2 heterocycles. The third-order valence-electron chi connectivity index (χ3n) is 7.35. The Morgan fingerprint density at radius 1 is 0.900 bits per heavy atom. The molecule has 4 aromatic carbocycles. The Balaban J connectivity index is 1.37. The van der Waals surface area contributed by atoms with Gasteiger partial charge in [0, 0.05) is 18.5 Å². The van der Waals surface area contributed by atoms with Gasteiger partial charge in [0.25, 0.3) is 11.7 Å². The van der Waals surface area contributed by atoms with E-state index in [2.05, 4.69) is 0 Å². The number of carbonyl (C=O) groups is 2. The summed E-state index contributed by atoms with van der Waals surface area (Å²) in [6.45, 7) is 2.64. The molecule has 0 bridgehead atoms. The minimum Gasteiger partial charge on any atom is -0.507 e. The number of amides is 1. The summed E-state index contributed by atoms with van der Waals surface area (Å²) in [5.74, 6) is -0.0897. The van der Waals surface area contributed by atoms with Crippen molar-refractivity contribution in [1.82, 2.24) is 4.90 Å². The molecule has 0 saturated carbocycles. The van der Waals surface area contributed by atoms with Crippen LogP contribution in [0.15, 0.2) is 109 Å². The number of ketones is 1. The predicted octanol–water partition coefficient (Wildman–Crippen LogP) is 6.21. The number of ether oxygens (including phenoxy) is 2. The molecule has 1 N–H and O–H groups in total. The highest BCUT2D eigenvalue weighted by atomic mass is 16.5. The molecule has 1 saturated heterocycles. The van der Waals surface area contributed by atoms with Crippen molar-refractivity contribution in [3.63, 3.8) is 0 Å². The van der Waals surface area contributed by atoms with Gasteiger partial charge in [-0.3, -0.25) is 9.59 Å². The van der Waals surface area contributed by atoms with Crippen LogP contribution in [0.3, 0.4) is 0 Å². The van der Waals surface area contributed by atoms with E-state index in [0.717, 1.165) is 22.4 Å². The Kier molecular flexibility index (Phi) is 6.83. The molecular formula is C34H29NO5. The number of fused-ring (bicyclic) bond motifs is 1. The second kappa shape index (κ2) is 10.7. The zero-order chi connectivity index (χ0) is 27.6. The van der Waals surface area contributed by atoms with Gasteiger partial charge in [-0.25, -0.2) is 0 Å². The molecule has 6 nitrogen and oxygen atoms in total. The Morgan fingerprint density at radius 3 is 2.27 bits per heavy atom. The van der Waals surface area contributed by atoms with Gasteiger partial charge in [-0.05, 0) is 59.5 Å². The lowest BCUT2D eigenvalue weighted by atomic mass is 9.94. The first-order chi connectivity index (χ1) is 19.5. The number of hydrogen-bond donors (Lipinski definition) is 1. The van der Waals surface area contributed by atoms with Crippen LogP contribution in [0.4, 0.5) is 0 Å². The van der Waals surface area contributed by atoms with Crippen molar-refractivity contribution >= 4 is 17.4 Å². The lowest BCUT2D eigenvalue weighted by Crippen LogP contribution is -2.29. The topological polar surface area (TPSA) is 76.1 Å². The van der Waals surface area contributed by atoms with Crippen LogP contribution in [0.2, 0.25) is 0 Å². The SMILES string of the molecule is CC1Cc2cc(/C(O)=C3/C(=O)C(=O)N(Cc4ccccc4)C3c3ccc(OCc4ccccc4)cc3)ccc2O1. The van der Waals surface area contributed by atoms with Gasteiger partial charge in [0.1, 0.15) is 30.0 Å². The second-order valence-corrected chi connectivity index (χ2v) is 10.2. The first-order valence-electron chi connectivity index (χ1n) is 13.4. The predicted molar refractivity (Wildman–Crippen MR) is 152 cm³/mol. The Labute approximate surface area is 233 Å². The highest BCUT2D eigenvalue weighted by Crippen LogP contribution is 2.41. The summed E-state index contributed by atoms with van der Waals surface area (Å²) in [4.78, 5) is 28.4. The lowest BCUT2D eigenvalue weighted by molar-refractivity contribution is -0.140. The van der Waals surface area contributed by atoms with Gasteiger partial charge in [0.2, 0.25) is 0 Å². The Hall–Kier alpha value is -4.84. The van der Waals surface area contributed by atoms with E-state index in [1.807, 2.05) is 104 Å². The fourth-order valence-corrected chi connectivity index (χ4v) is 5.38. The summed E-state index contributed by atoms with van der Waals surface area (Å²) in [5, 5.41) is 11.5. The van der Waals surface area contributed by atoms with Gasteiger partial charge in [-0.2, -0.15) is 0 Å². The fourth-order valence-electron chi connectivity index (χ4n) is 5.38. The molecular weight excluding hydrogens is 502 g/mol. The standard InChI is InChI=1S/C34H29NO5/c1-22-18-27-19-26(14-17-29(27)40-22)32(36)30-31(35(34(38)33(30)37)20-23-8-4-2-5-9-23)25-12-15-28(16-13-25)39-21-24-10-6-3-7-11-24/h2-17,19,22,31,36H,18,20-21H2,1H3/b32-30-. The molecule has 0 aliphatic carbocycles. The quantitative estimate of drug-likeness (QED) is 0.174. The van der Waals surface area contributed by atoms with Crippen LogP contribution < -0.4 is 9.47 Å². The van der Waals surface area contributed by atoms with Crippen molar-refractivity contribution < 1.29 is 24.2 Å². The minimum atomic E-state index is -0.758. The van der Waals surface area contributed by atoms with E-state index in [-0.39, 0.29) is 24.0 Å². The van der Waals surface area contributed by atoms with Crippen molar-refractivity contribution in [2.45, 2.75) is 38.6 Å². The van der Waals surface area contributed by atoms with Crippen molar-refractivity contribution in [3.05, 3.63) is 137 Å². The van der Waals surface area contributed by atoms with E-state index in [9.17, 15) is 14.7 Å². The number of aliphatic hydroxyl groups is 1. The molecule has 4 aromatic rings. The Morgan fingerprint density at radius 2 is 1.57 bits per heavy atom. The van der Waals surface area contributed by atoms with Gasteiger partial charge in [0.05, 0.1) is 11.6 Å². The normalized spacial score (nSPS) is 19.4. The summed E-state index contributed by atoms with van der Waals surface area (Å²) in [5.41, 5.74) is 4.18. The summed E-state index contributed by atoms with van der Waals surface area (Å²) >= 11 is 0. The van der Waals surface area contributed by atoms with Crippen LogP contribution >= 0.6 is 0 Å². The maximum Gasteiger partial charge on any atom is 0.295 e. The van der Waals surface area contributed by atoms with Crippen LogP contribution in [-0.4, -0.2) is 27.8 Å².